The zero-order valence-corrected chi connectivity index (χ0v) is 29.5. The summed E-state index contributed by atoms with van der Waals surface area (Å²) < 4.78 is 55.5. The Morgan fingerprint density at radius 3 is 2.42 bits per heavy atom. The number of alkyl halides is 2. The summed E-state index contributed by atoms with van der Waals surface area (Å²) in [4.78, 5) is 51.8. The lowest BCUT2D eigenvalue weighted by Crippen LogP contribution is -2.50. The van der Waals surface area contributed by atoms with E-state index < -0.39 is 76.5 Å². The molecule has 1 aliphatic carbocycles. The number of amides is 1. The van der Waals surface area contributed by atoms with E-state index in [1.807, 2.05) is 27.7 Å². The van der Waals surface area contributed by atoms with Gasteiger partial charge in [-0.1, -0.05) is 34.1 Å². The molecular weight excluding hydrogens is 624 g/mol. The molecule has 0 unspecified atom stereocenters. The summed E-state index contributed by atoms with van der Waals surface area (Å²) in [5.74, 6) is -6.34. The minimum Gasteiger partial charge on any atom is -0.497 e. The van der Waals surface area contributed by atoms with Crippen molar-refractivity contribution >= 4 is 28.9 Å². The second kappa shape index (κ2) is 12.7. The summed E-state index contributed by atoms with van der Waals surface area (Å²) >= 11 is 0. The molecule has 1 aromatic carbocycles. The van der Waals surface area contributed by atoms with Crippen LogP contribution < -0.4 is 9.47 Å². The third-order valence-corrected chi connectivity index (χ3v) is 9.89. The van der Waals surface area contributed by atoms with Crippen molar-refractivity contribution in [3.05, 3.63) is 23.9 Å². The van der Waals surface area contributed by atoms with E-state index in [1.165, 1.54) is 12.0 Å². The fraction of sp³-hybridized carbons (Fsp3) is 0.694. The van der Waals surface area contributed by atoms with Crippen molar-refractivity contribution in [3.63, 3.8) is 0 Å². The molecule has 1 aromatic heterocycles. The summed E-state index contributed by atoms with van der Waals surface area (Å²) in [6.45, 7) is 14.2. The highest BCUT2D eigenvalue weighted by Crippen LogP contribution is 2.51. The van der Waals surface area contributed by atoms with Gasteiger partial charge in [0.25, 0.3) is 5.92 Å². The molecule has 0 spiro atoms. The van der Waals surface area contributed by atoms with Gasteiger partial charge in [-0.05, 0) is 64.5 Å². The lowest BCUT2D eigenvalue weighted by Gasteiger charge is -2.35. The number of carbonyl (C=O) groups excluding carboxylic acids is 3. The summed E-state index contributed by atoms with van der Waals surface area (Å²) in [6, 6.07) is 3.68. The van der Waals surface area contributed by atoms with Crippen LogP contribution in [0.2, 0.25) is 0 Å². The number of esters is 2. The van der Waals surface area contributed by atoms with E-state index in [0.717, 1.165) is 0 Å². The SMILES string of the molecule is COc1ccc2nc3c(nc2c1)O[C@H]1CN(C(=O)[C@H](C(C)(C)C)CC(=O)O[C@]2(C)C[C@H]2CCCCC3(F)F)[C@H](C(=O)OC(C)(C)C)[C@@H]1C. The molecule has 0 N–H and O–H groups in total. The van der Waals surface area contributed by atoms with E-state index in [-0.39, 0.29) is 36.7 Å². The second-order valence-electron chi connectivity index (χ2n) is 16.0. The number of rotatable bonds is 2. The Morgan fingerprint density at radius 2 is 1.77 bits per heavy atom. The van der Waals surface area contributed by atoms with Gasteiger partial charge in [-0.15, -0.1) is 0 Å². The fourth-order valence-corrected chi connectivity index (χ4v) is 6.90. The first kappa shape index (κ1) is 35.7. The molecule has 2 fully saturated rings. The molecule has 2 aromatic rings. The highest BCUT2D eigenvalue weighted by Gasteiger charge is 2.55. The first-order valence-corrected chi connectivity index (χ1v) is 16.9. The van der Waals surface area contributed by atoms with Gasteiger partial charge in [0.05, 0.1) is 37.0 Å². The number of benzene rings is 1. The number of halogens is 2. The first-order valence-electron chi connectivity index (χ1n) is 16.9. The van der Waals surface area contributed by atoms with Crippen LogP contribution in [0.3, 0.4) is 0 Å². The number of ether oxygens (including phenoxy) is 4. The van der Waals surface area contributed by atoms with Crippen molar-refractivity contribution < 1.29 is 42.1 Å². The lowest BCUT2D eigenvalue weighted by molar-refractivity contribution is -0.167. The van der Waals surface area contributed by atoms with Crippen LogP contribution in [0.15, 0.2) is 18.2 Å². The maximum Gasteiger partial charge on any atom is 0.329 e. The minimum atomic E-state index is -3.39. The predicted octanol–water partition coefficient (Wildman–Crippen LogP) is 6.61. The van der Waals surface area contributed by atoms with Crippen LogP contribution in [0.25, 0.3) is 11.0 Å². The van der Waals surface area contributed by atoms with Crippen molar-refractivity contribution in [2.45, 2.75) is 123 Å². The van der Waals surface area contributed by atoms with Crippen LogP contribution in [-0.4, -0.2) is 69.7 Å². The van der Waals surface area contributed by atoms with Crippen molar-refractivity contribution in [2.24, 2.45) is 23.2 Å². The van der Waals surface area contributed by atoms with Gasteiger partial charge >= 0.3 is 11.9 Å². The molecule has 5 rings (SSSR count). The zero-order valence-electron chi connectivity index (χ0n) is 29.5. The Hall–Kier alpha value is -3.57. The van der Waals surface area contributed by atoms with Crippen molar-refractivity contribution in [2.75, 3.05) is 13.7 Å². The number of nitrogens with zero attached hydrogens (tertiary/aromatic N) is 3. The van der Waals surface area contributed by atoms with Crippen molar-refractivity contribution in [1.82, 2.24) is 14.9 Å². The summed E-state index contributed by atoms with van der Waals surface area (Å²) in [7, 11) is 1.49. The molecule has 10 nitrogen and oxygen atoms in total. The third-order valence-electron chi connectivity index (χ3n) is 9.89. The molecule has 3 aliphatic rings. The first-order chi connectivity index (χ1) is 22.2. The van der Waals surface area contributed by atoms with Crippen LogP contribution in [0, 0.1) is 23.2 Å². The van der Waals surface area contributed by atoms with Gasteiger partial charge in [-0.2, -0.15) is 8.78 Å². The molecule has 6 atom stereocenters. The fourth-order valence-electron chi connectivity index (χ4n) is 6.90. The van der Waals surface area contributed by atoms with Gasteiger partial charge in [0.15, 0.2) is 5.69 Å². The summed E-state index contributed by atoms with van der Waals surface area (Å²) in [6.07, 6.45) is 0.404. The molecular formula is C36H49F2N3O7. The zero-order chi connectivity index (χ0) is 35.4. The Kier molecular flexibility index (Phi) is 9.46. The van der Waals surface area contributed by atoms with Crippen LogP contribution in [-0.2, 0) is 29.8 Å². The number of aromatic nitrogens is 2. The number of methoxy groups -OCH3 is 1. The molecule has 1 saturated carbocycles. The largest absolute Gasteiger partial charge is 0.497 e. The van der Waals surface area contributed by atoms with E-state index in [9.17, 15) is 14.4 Å². The monoisotopic (exact) mass is 673 g/mol. The van der Waals surface area contributed by atoms with Crippen molar-refractivity contribution in [3.8, 4) is 11.6 Å². The smallest absolute Gasteiger partial charge is 0.329 e. The Bertz CT molecular complexity index is 1570. The van der Waals surface area contributed by atoms with Gasteiger partial charge in [0.2, 0.25) is 11.8 Å². The Morgan fingerprint density at radius 1 is 1.06 bits per heavy atom. The second-order valence-corrected chi connectivity index (χ2v) is 16.0. The highest BCUT2D eigenvalue weighted by molar-refractivity contribution is 5.90. The molecule has 264 valence electrons. The third kappa shape index (κ3) is 7.52. The van der Waals surface area contributed by atoms with E-state index in [2.05, 4.69) is 9.97 Å². The number of hydrogen-bond donors (Lipinski definition) is 0. The quantitative estimate of drug-likeness (QED) is 0.325. The van der Waals surface area contributed by atoms with E-state index >= 15 is 8.78 Å². The molecule has 12 heteroatoms. The van der Waals surface area contributed by atoms with Gasteiger partial charge in [-0.25, -0.2) is 14.8 Å². The van der Waals surface area contributed by atoms with E-state index in [4.69, 9.17) is 18.9 Å². The number of fused-ring (bicyclic) bond motifs is 5. The molecule has 3 heterocycles. The molecule has 1 amide bonds. The van der Waals surface area contributed by atoms with E-state index in [1.54, 1.807) is 45.9 Å². The van der Waals surface area contributed by atoms with Gasteiger partial charge in [0.1, 0.15) is 29.1 Å². The normalized spacial score (nSPS) is 29.9. The highest BCUT2D eigenvalue weighted by atomic mass is 19.3. The summed E-state index contributed by atoms with van der Waals surface area (Å²) in [5.41, 5.74) is -2.28. The standard InChI is InChI=1S/C36H49F2N3O7/c1-20-26-19-41(28(20)32(44)48-34(5,6)7)31(43)23(33(2,3)4)17-27(42)47-35(8)18-21(35)12-10-11-15-36(37,38)29-30(46-26)40-25-16-22(45-9)13-14-24(25)39-29/h13-14,16,20-21,23,26,28H,10-12,15,17-19H2,1-9H3/t20-,21-,23-,26+,28+,35-/m1/s1. The topological polar surface area (TPSA) is 117 Å². The Balaban J connectivity index is 1.61. The molecule has 0 radical (unpaired) electrons. The molecule has 2 bridgehead atoms. The van der Waals surface area contributed by atoms with Gasteiger partial charge in [0, 0.05) is 24.3 Å². The molecule has 48 heavy (non-hydrogen) atoms. The van der Waals surface area contributed by atoms with Crippen LogP contribution in [0.1, 0.15) is 99.6 Å². The van der Waals surface area contributed by atoms with Crippen LogP contribution in [0.4, 0.5) is 8.78 Å². The van der Waals surface area contributed by atoms with Gasteiger partial charge < -0.3 is 23.8 Å². The van der Waals surface area contributed by atoms with Crippen LogP contribution in [0.5, 0.6) is 11.6 Å². The molecule has 2 aliphatic heterocycles. The maximum absolute atomic E-state index is 16.1. The van der Waals surface area contributed by atoms with Crippen LogP contribution >= 0.6 is 0 Å². The average molecular weight is 674 g/mol. The minimum absolute atomic E-state index is 0.0452. The van der Waals surface area contributed by atoms with Crippen molar-refractivity contribution in [1.29, 1.82) is 0 Å². The molecule has 1 saturated heterocycles. The number of carbonyl (C=O) groups is 3. The lowest BCUT2D eigenvalue weighted by atomic mass is 9.77. The predicted molar refractivity (Wildman–Crippen MR) is 174 cm³/mol. The maximum atomic E-state index is 16.1. The van der Waals surface area contributed by atoms with Gasteiger partial charge in [-0.3, -0.25) is 9.59 Å². The average Bonchev–Trinajstić information content (AvgIpc) is 3.48. The van der Waals surface area contributed by atoms with E-state index in [0.29, 0.717) is 30.5 Å². The number of hydrogen-bond acceptors (Lipinski definition) is 9. The summed E-state index contributed by atoms with van der Waals surface area (Å²) in [5, 5.41) is 0. The Labute approximate surface area is 281 Å².